The number of aryl methyl sites for hydroxylation is 2. The van der Waals surface area contributed by atoms with E-state index in [1.54, 1.807) is 0 Å². The Hall–Kier alpha value is -3.04. The van der Waals surface area contributed by atoms with Crippen LogP contribution in [0.2, 0.25) is 0 Å². The molecular formula is C27H34N4O2. The number of hydrogen-bond donors (Lipinski definition) is 1. The van der Waals surface area contributed by atoms with Gasteiger partial charge in [-0.2, -0.15) is 5.26 Å². The summed E-state index contributed by atoms with van der Waals surface area (Å²) >= 11 is 0. The molecule has 174 valence electrons. The molecule has 2 aliphatic rings. The van der Waals surface area contributed by atoms with E-state index in [9.17, 15) is 10.1 Å². The molecule has 1 N–H and O–H groups in total. The lowest BCUT2D eigenvalue weighted by atomic mass is 9.92. The molecule has 1 amide bonds. The molecule has 2 aromatic carbocycles. The normalized spacial score (nSPS) is 20.9. The van der Waals surface area contributed by atoms with Gasteiger partial charge in [0, 0.05) is 37.9 Å². The van der Waals surface area contributed by atoms with E-state index < -0.39 is 0 Å². The van der Waals surface area contributed by atoms with Gasteiger partial charge in [-0.1, -0.05) is 23.8 Å². The van der Waals surface area contributed by atoms with Crippen molar-refractivity contribution in [3.05, 3.63) is 59.2 Å². The molecule has 2 aromatic rings. The van der Waals surface area contributed by atoms with Crippen LogP contribution in [0.5, 0.6) is 0 Å². The van der Waals surface area contributed by atoms with E-state index in [1.807, 2.05) is 30.0 Å². The maximum atomic E-state index is 12.7. The minimum Gasteiger partial charge on any atom is -0.381 e. The third kappa shape index (κ3) is 6.06. The van der Waals surface area contributed by atoms with Gasteiger partial charge in [-0.25, -0.2) is 0 Å². The predicted molar refractivity (Wildman–Crippen MR) is 131 cm³/mol. The van der Waals surface area contributed by atoms with Crippen LogP contribution in [0, 0.1) is 25.2 Å². The van der Waals surface area contributed by atoms with Crippen molar-refractivity contribution in [3.63, 3.8) is 0 Å². The Morgan fingerprint density at radius 3 is 2.33 bits per heavy atom. The van der Waals surface area contributed by atoms with Crippen molar-refractivity contribution < 1.29 is 9.53 Å². The summed E-state index contributed by atoms with van der Waals surface area (Å²) in [5, 5.41) is 12.9. The summed E-state index contributed by atoms with van der Waals surface area (Å²) in [5.74, 6) is 0.0946. The molecule has 6 nitrogen and oxygen atoms in total. The van der Waals surface area contributed by atoms with Crippen molar-refractivity contribution in [2.45, 2.75) is 51.7 Å². The average molecular weight is 447 g/mol. The summed E-state index contributed by atoms with van der Waals surface area (Å²) in [6, 6.07) is 17.1. The minimum atomic E-state index is 0.0946. The van der Waals surface area contributed by atoms with Gasteiger partial charge in [0.05, 0.1) is 17.4 Å². The van der Waals surface area contributed by atoms with E-state index in [0.29, 0.717) is 11.6 Å². The first-order valence-corrected chi connectivity index (χ1v) is 12.0. The first kappa shape index (κ1) is 23.1. The van der Waals surface area contributed by atoms with Gasteiger partial charge >= 0.3 is 0 Å². The first-order valence-electron chi connectivity index (χ1n) is 12.0. The number of nitrogens with zero attached hydrogens (tertiary/aromatic N) is 3. The average Bonchev–Trinajstić information content (AvgIpc) is 2.85. The zero-order valence-electron chi connectivity index (χ0n) is 19.7. The predicted octanol–water partition coefficient (Wildman–Crippen LogP) is 4.26. The molecule has 1 aliphatic heterocycles. The second kappa shape index (κ2) is 10.7. The van der Waals surface area contributed by atoms with Crippen molar-refractivity contribution >= 4 is 17.3 Å². The van der Waals surface area contributed by atoms with Crippen molar-refractivity contribution in [1.29, 1.82) is 5.26 Å². The lowest BCUT2D eigenvalue weighted by Crippen LogP contribution is -2.50. The zero-order valence-corrected chi connectivity index (χ0v) is 19.7. The van der Waals surface area contributed by atoms with Crippen molar-refractivity contribution in [2.24, 2.45) is 0 Å². The maximum Gasteiger partial charge on any atom is 0.248 e. The van der Waals surface area contributed by atoms with Crippen LogP contribution in [-0.2, 0) is 9.53 Å². The highest BCUT2D eigenvalue weighted by Gasteiger charge is 2.25. The number of anilines is 2. The number of nitriles is 1. The molecule has 0 aromatic heterocycles. The highest BCUT2D eigenvalue weighted by atomic mass is 16.5. The Morgan fingerprint density at radius 2 is 1.67 bits per heavy atom. The van der Waals surface area contributed by atoms with E-state index >= 15 is 0 Å². The standard InChI is InChI=1S/C27H34N4O2/c1-20-3-8-24(9-4-20)30-13-15-31(16-14-30)27(32)19-33-25-10-6-23(7-11-25)29-26-12-5-21(2)17-22(26)18-28/h3-5,8-9,12,17,23,25,29H,6-7,10-11,13-16,19H2,1-2H3. The Kier molecular flexibility index (Phi) is 7.51. The molecule has 0 bridgehead atoms. The number of amides is 1. The number of carbonyl (C=O) groups excluding carboxylic acids is 1. The molecule has 4 rings (SSSR count). The molecular weight excluding hydrogens is 412 g/mol. The van der Waals surface area contributed by atoms with E-state index in [1.165, 1.54) is 11.3 Å². The lowest BCUT2D eigenvalue weighted by Gasteiger charge is -2.36. The summed E-state index contributed by atoms with van der Waals surface area (Å²) in [7, 11) is 0. The van der Waals surface area contributed by atoms with Gasteiger partial charge in [-0.3, -0.25) is 4.79 Å². The van der Waals surface area contributed by atoms with Gasteiger partial charge in [-0.15, -0.1) is 0 Å². The van der Waals surface area contributed by atoms with Crippen molar-refractivity contribution in [1.82, 2.24) is 4.90 Å². The fourth-order valence-corrected chi connectivity index (χ4v) is 4.72. The molecule has 1 aliphatic carbocycles. The van der Waals surface area contributed by atoms with Gasteiger partial charge < -0.3 is 19.9 Å². The van der Waals surface area contributed by atoms with Crippen LogP contribution in [0.1, 0.15) is 42.4 Å². The summed E-state index contributed by atoms with van der Waals surface area (Å²) < 4.78 is 6.00. The summed E-state index contributed by atoms with van der Waals surface area (Å²) in [6.07, 6.45) is 3.95. The Morgan fingerprint density at radius 1 is 1.00 bits per heavy atom. The fraction of sp³-hybridized carbons (Fsp3) is 0.481. The third-order valence-corrected chi connectivity index (χ3v) is 6.80. The number of rotatable bonds is 6. The van der Waals surface area contributed by atoms with Gasteiger partial charge in [-0.05, 0) is 69.4 Å². The Bertz CT molecular complexity index is 982. The summed E-state index contributed by atoms with van der Waals surface area (Å²) in [4.78, 5) is 16.9. The lowest BCUT2D eigenvalue weighted by molar-refractivity contribution is -0.139. The summed E-state index contributed by atoms with van der Waals surface area (Å²) in [5.41, 5.74) is 5.18. The molecule has 1 heterocycles. The van der Waals surface area contributed by atoms with Crippen molar-refractivity contribution in [2.75, 3.05) is 43.0 Å². The van der Waals surface area contributed by atoms with E-state index in [2.05, 4.69) is 47.5 Å². The number of ether oxygens (including phenoxy) is 1. The van der Waals surface area contributed by atoms with Gasteiger partial charge in [0.25, 0.3) is 0 Å². The quantitative estimate of drug-likeness (QED) is 0.718. The molecule has 0 radical (unpaired) electrons. The monoisotopic (exact) mass is 446 g/mol. The van der Waals surface area contributed by atoms with Crippen LogP contribution in [0.4, 0.5) is 11.4 Å². The smallest absolute Gasteiger partial charge is 0.248 e. The number of nitrogens with one attached hydrogen (secondary N) is 1. The molecule has 33 heavy (non-hydrogen) atoms. The van der Waals surface area contributed by atoms with Crippen molar-refractivity contribution in [3.8, 4) is 6.07 Å². The largest absolute Gasteiger partial charge is 0.381 e. The topological polar surface area (TPSA) is 68.6 Å². The number of carbonyl (C=O) groups is 1. The molecule has 1 saturated heterocycles. The molecule has 0 atom stereocenters. The van der Waals surface area contributed by atoms with Crippen LogP contribution in [-0.4, -0.2) is 55.7 Å². The number of piperazine rings is 1. The van der Waals surface area contributed by atoms with Gasteiger partial charge in [0.1, 0.15) is 12.7 Å². The molecule has 1 saturated carbocycles. The van der Waals surface area contributed by atoms with E-state index in [4.69, 9.17) is 4.74 Å². The van der Waals surface area contributed by atoms with Crippen LogP contribution < -0.4 is 10.2 Å². The van der Waals surface area contributed by atoms with Crippen LogP contribution >= 0.6 is 0 Å². The zero-order chi connectivity index (χ0) is 23.2. The van der Waals surface area contributed by atoms with E-state index in [-0.39, 0.29) is 18.6 Å². The maximum absolute atomic E-state index is 12.7. The van der Waals surface area contributed by atoms with Crippen LogP contribution in [0.25, 0.3) is 0 Å². The Balaban J connectivity index is 1.17. The molecule has 0 unspecified atom stereocenters. The number of hydrogen-bond acceptors (Lipinski definition) is 5. The Labute approximate surface area is 197 Å². The third-order valence-electron chi connectivity index (χ3n) is 6.80. The van der Waals surface area contributed by atoms with Crippen LogP contribution in [0.3, 0.4) is 0 Å². The fourth-order valence-electron chi connectivity index (χ4n) is 4.72. The van der Waals surface area contributed by atoms with Gasteiger partial charge in [0.2, 0.25) is 5.91 Å². The SMILES string of the molecule is Cc1ccc(N2CCN(C(=O)COC3CCC(Nc4ccc(C)cc4C#N)CC3)CC2)cc1. The van der Waals surface area contributed by atoms with Crippen LogP contribution in [0.15, 0.2) is 42.5 Å². The second-order valence-corrected chi connectivity index (χ2v) is 9.29. The first-order chi connectivity index (χ1) is 16.0. The highest BCUT2D eigenvalue weighted by Crippen LogP contribution is 2.26. The number of benzene rings is 2. The molecule has 6 heteroatoms. The molecule has 0 spiro atoms. The molecule has 2 fully saturated rings. The second-order valence-electron chi connectivity index (χ2n) is 9.29. The van der Waals surface area contributed by atoms with E-state index in [0.717, 1.165) is 63.1 Å². The summed E-state index contributed by atoms with van der Waals surface area (Å²) in [6.45, 7) is 7.46. The van der Waals surface area contributed by atoms with Gasteiger partial charge in [0.15, 0.2) is 0 Å². The minimum absolute atomic E-state index is 0.0946. The highest BCUT2D eigenvalue weighted by molar-refractivity contribution is 5.77.